The Hall–Kier alpha value is -2.67. The van der Waals surface area contributed by atoms with Gasteiger partial charge in [0.05, 0.1) is 10.9 Å². The topological polar surface area (TPSA) is 63.9 Å². The van der Waals surface area contributed by atoms with Crippen molar-refractivity contribution in [3.05, 3.63) is 54.4 Å². The van der Waals surface area contributed by atoms with Gasteiger partial charge in [-0.05, 0) is 55.9 Å². The van der Waals surface area contributed by atoms with Gasteiger partial charge in [-0.15, -0.1) is 10.2 Å². The molecule has 1 aliphatic heterocycles. The van der Waals surface area contributed by atoms with Gasteiger partial charge in [-0.2, -0.15) is 0 Å². The van der Waals surface area contributed by atoms with Crippen LogP contribution in [0.4, 0.5) is 0 Å². The van der Waals surface area contributed by atoms with E-state index in [2.05, 4.69) is 48.1 Å². The summed E-state index contributed by atoms with van der Waals surface area (Å²) in [4.78, 5) is 19.5. The van der Waals surface area contributed by atoms with Crippen molar-refractivity contribution in [2.45, 2.75) is 44.5 Å². The van der Waals surface area contributed by atoms with E-state index in [1.54, 1.807) is 12.4 Å². The summed E-state index contributed by atoms with van der Waals surface area (Å²) in [5.74, 6) is 1.98. The largest absolute Gasteiger partial charge is 0.341 e. The van der Waals surface area contributed by atoms with Crippen LogP contribution in [-0.2, 0) is 4.79 Å². The number of rotatable bonds is 5. The smallest absolute Gasteiger partial charge is 0.235 e. The number of amides is 1. The number of carbonyl (C=O) groups excluding carboxylic acids is 1. The van der Waals surface area contributed by atoms with Gasteiger partial charge in [0.25, 0.3) is 0 Å². The SMILES string of the molecule is Cc1ccccc1-n1c(S[C@H](C)C(=O)N2C[C@H](C)C[C@H](C)C2)nnc1-c1cccnc1. The summed E-state index contributed by atoms with van der Waals surface area (Å²) in [5.41, 5.74) is 3.02. The molecule has 0 saturated carbocycles. The van der Waals surface area contributed by atoms with Gasteiger partial charge in [0.1, 0.15) is 0 Å². The van der Waals surface area contributed by atoms with Crippen molar-refractivity contribution in [2.24, 2.45) is 11.8 Å². The van der Waals surface area contributed by atoms with E-state index < -0.39 is 0 Å². The van der Waals surface area contributed by atoms with Crippen molar-refractivity contribution in [3.8, 4) is 17.1 Å². The van der Waals surface area contributed by atoms with Gasteiger partial charge in [0.15, 0.2) is 11.0 Å². The summed E-state index contributed by atoms with van der Waals surface area (Å²) in [7, 11) is 0. The van der Waals surface area contributed by atoms with E-state index in [4.69, 9.17) is 0 Å². The first kappa shape index (κ1) is 21.6. The van der Waals surface area contributed by atoms with E-state index in [0.717, 1.165) is 35.7 Å². The summed E-state index contributed by atoms with van der Waals surface area (Å²) in [6, 6.07) is 12.0. The number of likely N-dealkylation sites (tertiary alicyclic amines) is 1. The lowest BCUT2D eigenvalue weighted by molar-refractivity contribution is -0.132. The molecule has 4 rings (SSSR count). The van der Waals surface area contributed by atoms with Crippen molar-refractivity contribution in [2.75, 3.05) is 13.1 Å². The van der Waals surface area contributed by atoms with Gasteiger partial charge in [0.2, 0.25) is 5.91 Å². The molecule has 0 aliphatic carbocycles. The first-order valence-electron chi connectivity index (χ1n) is 10.8. The zero-order chi connectivity index (χ0) is 22.0. The van der Waals surface area contributed by atoms with Crippen LogP contribution < -0.4 is 0 Å². The number of aromatic nitrogens is 4. The highest BCUT2D eigenvalue weighted by Gasteiger charge is 2.30. The molecule has 162 valence electrons. The fraction of sp³-hybridized carbons (Fsp3) is 0.417. The number of piperidine rings is 1. The van der Waals surface area contributed by atoms with Crippen LogP contribution in [0.5, 0.6) is 0 Å². The van der Waals surface area contributed by atoms with Crippen LogP contribution in [0.1, 0.15) is 32.8 Å². The molecule has 1 amide bonds. The maximum atomic E-state index is 13.2. The zero-order valence-electron chi connectivity index (χ0n) is 18.5. The molecule has 0 spiro atoms. The number of thioether (sulfide) groups is 1. The molecule has 1 aliphatic rings. The molecule has 0 N–H and O–H groups in total. The Labute approximate surface area is 188 Å². The second-order valence-corrected chi connectivity index (χ2v) is 9.93. The zero-order valence-corrected chi connectivity index (χ0v) is 19.3. The number of aryl methyl sites for hydroxylation is 1. The normalized spacial score (nSPS) is 19.9. The highest BCUT2D eigenvalue weighted by atomic mass is 32.2. The van der Waals surface area contributed by atoms with Crippen LogP contribution in [0.15, 0.2) is 53.9 Å². The van der Waals surface area contributed by atoms with Crippen molar-refractivity contribution >= 4 is 17.7 Å². The molecule has 1 fully saturated rings. The average Bonchev–Trinajstić information content (AvgIpc) is 3.16. The third-order valence-corrected chi connectivity index (χ3v) is 6.75. The molecular weight excluding hydrogens is 406 g/mol. The molecule has 3 heterocycles. The Morgan fingerprint density at radius 3 is 2.52 bits per heavy atom. The molecule has 1 saturated heterocycles. The first-order valence-corrected chi connectivity index (χ1v) is 11.7. The lowest BCUT2D eigenvalue weighted by Crippen LogP contribution is -2.45. The van der Waals surface area contributed by atoms with Crippen LogP contribution in [0.2, 0.25) is 0 Å². The Bertz CT molecular complexity index is 1040. The van der Waals surface area contributed by atoms with Gasteiger partial charge >= 0.3 is 0 Å². The average molecular weight is 436 g/mol. The van der Waals surface area contributed by atoms with Crippen LogP contribution in [0, 0.1) is 18.8 Å². The van der Waals surface area contributed by atoms with E-state index >= 15 is 0 Å². The van der Waals surface area contributed by atoms with Gasteiger partial charge in [-0.3, -0.25) is 14.3 Å². The molecular formula is C24H29N5OS. The summed E-state index contributed by atoms with van der Waals surface area (Å²) >= 11 is 1.47. The van der Waals surface area contributed by atoms with E-state index in [1.807, 2.05) is 40.7 Å². The van der Waals surface area contributed by atoms with Crippen molar-refractivity contribution in [3.63, 3.8) is 0 Å². The van der Waals surface area contributed by atoms with E-state index in [0.29, 0.717) is 17.0 Å². The van der Waals surface area contributed by atoms with Crippen molar-refractivity contribution in [1.29, 1.82) is 0 Å². The Morgan fingerprint density at radius 1 is 1.10 bits per heavy atom. The molecule has 6 nitrogen and oxygen atoms in total. The predicted octanol–water partition coefficient (Wildman–Crippen LogP) is 4.62. The number of hydrogen-bond donors (Lipinski definition) is 0. The predicted molar refractivity (Wildman–Crippen MR) is 124 cm³/mol. The van der Waals surface area contributed by atoms with Crippen molar-refractivity contribution < 1.29 is 4.79 Å². The van der Waals surface area contributed by atoms with Gasteiger partial charge in [-0.1, -0.05) is 43.8 Å². The van der Waals surface area contributed by atoms with Gasteiger partial charge in [0, 0.05) is 31.0 Å². The second-order valence-electron chi connectivity index (χ2n) is 8.62. The number of hydrogen-bond acceptors (Lipinski definition) is 5. The molecule has 0 bridgehead atoms. The van der Waals surface area contributed by atoms with Crippen LogP contribution in [-0.4, -0.2) is 48.9 Å². The monoisotopic (exact) mass is 435 g/mol. The minimum atomic E-state index is -0.244. The Morgan fingerprint density at radius 2 is 1.84 bits per heavy atom. The molecule has 2 aromatic heterocycles. The summed E-state index contributed by atoms with van der Waals surface area (Å²) in [6.07, 6.45) is 4.72. The molecule has 7 heteroatoms. The second kappa shape index (κ2) is 9.22. The van der Waals surface area contributed by atoms with Crippen LogP contribution >= 0.6 is 11.8 Å². The van der Waals surface area contributed by atoms with Crippen LogP contribution in [0.3, 0.4) is 0 Å². The minimum absolute atomic E-state index is 0.172. The lowest BCUT2D eigenvalue weighted by atomic mass is 9.92. The quantitative estimate of drug-likeness (QED) is 0.547. The standard InChI is InChI=1S/C24H29N5OS/c1-16-12-17(2)15-28(14-16)23(30)19(4)31-24-27-26-22(20-9-7-11-25-13-20)29(24)21-10-6-5-8-18(21)3/h5-11,13,16-17,19H,12,14-15H2,1-4H3/t16-,17+,19-/m1/s1. The highest BCUT2D eigenvalue weighted by Crippen LogP contribution is 2.32. The Kier molecular flexibility index (Phi) is 6.41. The Balaban J connectivity index is 1.66. The maximum absolute atomic E-state index is 13.2. The highest BCUT2D eigenvalue weighted by molar-refractivity contribution is 8.00. The number of benzene rings is 1. The molecule has 3 atom stereocenters. The van der Waals surface area contributed by atoms with Crippen molar-refractivity contribution in [1.82, 2.24) is 24.6 Å². The number of pyridine rings is 1. The molecule has 0 radical (unpaired) electrons. The summed E-state index contributed by atoms with van der Waals surface area (Å²) < 4.78 is 2.04. The molecule has 3 aromatic rings. The third-order valence-electron chi connectivity index (χ3n) is 5.72. The molecule has 0 unspecified atom stereocenters. The maximum Gasteiger partial charge on any atom is 0.235 e. The third kappa shape index (κ3) is 4.66. The fourth-order valence-corrected chi connectivity index (χ4v) is 5.31. The fourth-order valence-electron chi connectivity index (χ4n) is 4.37. The number of nitrogens with zero attached hydrogens (tertiary/aromatic N) is 5. The van der Waals surface area contributed by atoms with E-state index in [1.165, 1.54) is 18.2 Å². The van der Waals surface area contributed by atoms with Crippen LogP contribution in [0.25, 0.3) is 17.1 Å². The first-order chi connectivity index (χ1) is 14.9. The molecule has 31 heavy (non-hydrogen) atoms. The van der Waals surface area contributed by atoms with E-state index in [-0.39, 0.29) is 11.2 Å². The lowest BCUT2D eigenvalue weighted by Gasteiger charge is -2.36. The number of carbonyl (C=O) groups is 1. The number of para-hydroxylation sites is 1. The van der Waals surface area contributed by atoms with Gasteiger partial charge < -0.3 is 4.90 Å². The van der Waals surface area contributed by atoms with Gasteiger partial charge in [-0.25, -0.2) is 0 Å². The van der Waals surface area contributed by atoms with E-state index in [9.17, 15) is 4.79 Å². The molecule has 1 aromatic carbocycles. The summed E-state index contributed by atoms with van der Waals surface area (Å²) in [6.45, 7) is 10.2. The summed E-state index contributed by atoms with van der Waals surface area (Å²) in [5, 5.41) is 9.44. The minimum Gasteiger partial charge on any atom is -0.341 e.